The van der Waals surface area contributed by atoms with E-state index in [1.807, 2.05) is 0 Å². The van der Waals surface area contributed by atoms with Crippen molar-refractivity contribution in [3.8, 4) is 0 Å². The van der Waals surface area contributed by atoms with Gasteiger partial charge in [0, 0.05) is 23.9 Å². The van der Waals surface area contributed by atoms with Crippen LogP contribution in [0.1, 0.15) is 23.0 Å². The van der Waals surface area contributed by atoms with E-state index in [-0.39, 0.29) is 11.7 Å². The van der Waals surface area contributed by atoms with E-state index in [0.717, 1.165) is 12.1 Å². The third-order valence-corrected chi connectivity index (χ3v) is 2.83. The molecule has 0 saturated carbocycles. The molecule has 100 valence electrons. The van der Waals surface area contributed by atoms with Crippen molar-refractivity contribution in [3.05, 3.63) is 53.5 Å². The van der Waals surface area contributed by atoms with E-state index < -0.39 is 11.6 Å². The first-order chi connectivity index (χ1) is 9.04. The van der Waals surface area contributed by atoms with Gasteiger partial charge in [0.05, 0.1) is 6.26 Å². The fraction of sp³-hybridized carbons (Fsp3) is 0.214. The van der Waals surface area contributed by atoms with E-state index in [1.165, 1.54) is 17.2 Å². The Morgan fingerprint density at radius 3 is 2.53 bits per heavy atom. The average molecular weight is 265 g/mol. The molecule has 0 aliphatic heterocycles. The van der Waals surface area contributed by atoms with Crippen molar-refractivity contribution in [1.29, 1.82) is 0 Å². The van der Waals surface area contributed by atoms with Gasteiger partial charge in [-0.2, -0.15) is 0 Å². The Kier molecular flexibility index (Phi) is 3.64. The van der Waals surface area contributed by atoms with Crippen LogP contribution in [0.2, 0.25) is 0 Å². The molecule has 0 aliphatic carbocycles. The molecule has 1 amide bonds. The van der Waals surface area contributed by atoms with Crippen molar-refractivity contribution in [1.82, 2.24) is 0 Å². The highest BCUT2D eigenvalue weighted by molar-refractivity contribution is 6.05. The second-order valence-electron chi connectivity index (χ2n) is 4.08. The standard InChI is InChI=1S/C14H13F2NO2/c1-3-17(10-4-5-11(15)12(16)8-10)14(18)13-9(2)6-7-19-13/h4-8H,3H2,1-2H3. The van der Waals surface area contributed by atoms with Gasteiger partial charge < -0.3 is 9.32 Å². The second-order valence-corrected chi connectivity index (χ2v) is 4.08. The van der Waals surface area contributed by atoms with Crippen LogP contribution in [0.25, 0.3) is 0 Å². The number of carbonyl (C=O) groups excluding carboxylic acids is 1. The lowest BCUT2D eigenvalue weighted by Crippen LogP contribution is -2.30. The van der Waals surface area contributed by atoms with Gasteiger partial charge in [-0.05, 0) is 32.0 Å². The highest BCUT2D eigenvalue weighted by Crippen LogP contribution is 2.21. The lowest BCUT2D eigenvalue weighted by molar-refractivity contribution is 0.0961. The summed E-state index contributed by atoms with van der Waals surface area (Å²) in [7, 11) is 0. The molecule has 2 aromatic rings. The SMILES string of the molecule is CCN(C(=O)c1occc1C)c1ccc(F)c(F)c1. The van der Waals surface area contributed by atoms with E-state index in [9.17, 15) is 13.6 Å². The topological polar surface area (TPSA) is 33.5 Å². The van der Waals surface area contributed by atoms with Crippen LogP contribution in [-0.2, 0) is 0 Å². The first-order valence-electron chi connectivity index (χ1n) is 5.85. The number of halogens is 2. The fourth-order valence-electron chi connectivity index (χ4n) is 1.81. The van der Waals surface area contributed by atoms with Crippen molar-refractivity contribution in [2.24, 2.45) is 0 Å². The van der Waals surface area contributed by atoms with Gasteiger partial charge in [-0.15, -0.1) is 0 Å². The van der Waals surface area contributed by atoms with E-state index in [2.05, 4.69) is 0 Å². The van der Waals surface area contributed by atoms with Gasteiger partial charge in [0.2, 0.25) is 0 Å². The van der Waals surface area contributed by atoms with Gasteiger partial charge in [0.1, 0.15) is 0 Å². The molecule has 5 heteroatoms. The van der Waals surface area contributed by atoms with Gasteiger partial charge in [0.15, 0.2) is 17.4 Å². The molecule has 0 spiro atoms. The van der Waals surface area contributed by atoms with Gasteiger partial charge in [-0.25, -0.2) is 8.78 Å². The van der Waals surface area contributed by atoms with Crippen LogP contribution >= 0.6 is 0 Å². The number of benzene rings is 1. The molecule has 19 heavy (non-hydrogen) atoms. The summed E-state index contributed by atoms with van der Waals surface area (Å²) in [5.74, 6) is -2.11. The molecule has 0 radical (unpaired) electrons. The summed E-state index contributed by atoms with van der Waals surface area (Å²) in [6.07, 6.45) is 1.42. The monoisotopic (exact) mass is 265 g/mol. The summed E-state index contributed by atoms with van der Waals surface area (Å²) in [6, 6.07) is 5.02. The molecule has 0 atom stereocenters. The maximum atomic E-state index is 13.2. The maximum absolute atomic E-state index is 13.2. The predicted molar refractivity (Wildman–Crippen MR) is 67.2 cm³/mol. The van der Waals surface area contributed by atoms with Gasteiger partial charge in [-0.3, -0.25) is 4.79 Å². The average Bonchev–Trinajstić information content (AvgIpc) is 2.80. The smallest absolute Gasteiger partial charge is 0.294 e. The summed E-state index contributed by atoms with van der Waals surface area (Å²) >= 11 is 0. The molecule has 0 bridgehead atoms. The van der Waals surface area contributed by atoms with Crippen LogP contribution in [0, 0.1) is 18.6 Å². The number of nitrogens with zero attached hydrogens (tertiary/aromatic N) is 1. The normalized spacial score (nSPS) is 10.5. The first-order valence-corrected chi connectivity index (χ1v) is 5.85. The Morgan fingerprint density at radius 1 is 1.26 bits per heavy atom. The lowest BCUT2D eigenvalue weighted by Gasteiger charge is -2.20. The van der Waals surface area contributed by atoms with E-state index in [0.29, 0.717) is 17.8 Å². The minimum atomic E-state index is -0.986. The molecule has 1 heterocycles. The highest BCUT2D eigenvalue weighted by Gasteiger charge is 2.21. The lowest BCUT2D eigenvalue weighted by atomic mass is 10.2. The predicted octanol–water partition coefficient (Wildman–Crippen LogP) is 3.53. The molecule has 1 aromatic heterocycles. The van der Waals surface area contributed by atoms with E-state index >= 15 is 0 Å². The second kappa shape index (κ2) is 5.22. The van der Waals surface area contributed by atoms with Crippen LogP contribution < -0.4 is 4.90 Å². The van der Waals surface area contributed by atoms with Crippen molar-refractivity contribution < 1.29 is 18.0 Å². The number of hydrogen-bond acceptors (Lipinski definition) is 2. The quantitative estimate of drug-likeness (QED) is 0.850. The van der Waals surface area contributed by atoms with Crippen LogP contribution in [0.5, 0.6) is 0 Å². The molecule has 0 aliphatic rings. The van der Waals surface area contributed by atoms with Crippen molar-refractivity contribution in [2.75, 3.05) is 11.4 Å². The summed E-state index contributed by atoms with van der Waals surface area (Å²) in [5.41, 5.74) is 0.994. The molecule has 0 unspecified atom stereocenters. The minimum absolute atomic E-state index is 0.201. The molecule has 3 nitrogen and oxygen atoms in total. The first kappa shape index (κ1) is 13.3. The minimum Gasteiger partial charge on any atom is -0.459 e. The van der Waals surface area contributed by atoms with Gasteiger partial charge in [-0.1, -0.05) is 0 Å². The zero-order valence-electron chi connectivity index (χ0n) is 10.6. The van der Waals surface area contributed by atoms with E-state index in [4.69, 9.17) is 4.42 Å². The Hall–Kier alpha value is -2.17. The Balaban J connectivity index is 2.37. The van der Waals surface area contributed by atoms with Crippen LogP contribution in [0.3, 0.4) is 0 Å². The van der Waals surface area contributed by atoms with Crippen LogP contribution in [0.4, 0.5) is 14.5 Å². The zero-order chi connectivity index (χ0) is 14.0. The number of hydrogen-bond donors (Lipinski definition) is 0. The number of amides is 1. The van der Waals surface area contributed by atoms with Crippen molar-refractivity contribution >= 4 is 11.6 Å². The number of furan rings is 1. The summed E-state index contributed by atoms with van der Waals surface area (Å²) < 4.78 is 31.3. The summed E-state index contributed by atoms with van der Waals surface area (Å²) in [5, 5.41) is 0. The van der Waals surface area contributed by atoms with Crippen LogP contribution in [-0.4, -0.2) is 12.5 Å². The van der Waals surface area contributed by atoms with E-state index in [1.54, 1.807) is 19.9 Å². The third-order valence-electron chi connectivity index (χ3n) is 2.83. The molecular formula is C14H13F2NO2. The number of anilines is 1. The maximum Gasteiger partial charge on any atom is 0.294 e. The molecular weight excluding hydrogens is 252 g/mol. The molecule has 2 rings (SSSR count). The largest absolute Gasteiger partial charge is 0.459 e. The van der Waals surface area contributed by atoms with Crippen molar-refractivity contribution in [3.63, 3.8) is 0 Å². The Labute approximate surface area is 109 Å². The van der Waals surface area contributed by atoms with Gasteiger partial charge >= 0.3 is 0 Å². The number of aryl methyl sites for hydroxylation is 1. The summed E-state index contributed by atoms with van der Waals surface area (Å²) in [6.45, 7) is 3.82. The molecule has 1 aromatic carbocycles. The molecule has 0 fully saturated rings. The number of carbonyl (C=O) groups is 1. The summed E-state index contributed by atoms with van der Waals surface area (Å²) in [4.78, 5) is 13.6. The van der Waals surface area contributed by atoms with Crippen molar-refractivity contribution in [2.45, 2.75) is 13.8 Å². The Bertz CT molecular complexity index is 607. The third kappa shape index (κ3) is 2.50. The fourth-order valence-corrected chi connectivity index (χ4v) is 1.81. The van der Waals surface area contributed by atoms with Crippen LogP contribution in [0.15, 0.2) is 34.9 Å². The van der Waals surface area contributed by atoms with Gasteiger partial charge in [0.25, 0.3) is 5.91 Å². The molecule has 0 saturated heterocycles. The number of rotatable bonds is 3. The zero-order valence-corrected chi connectivity index (χ0v) is 10.6. The molecule has 0 N–H and O–H groups in total. The highest BCUT2D eigenvalue weighted by atomic mass is 19.2. The Morgan fingerprint density at radius 2 is 2.00 bits per heavy atom.